The van der Waals surface area contributed by atoms with Crippen LogP contribution in [0.25, 0.3) is 22.4 Å². The van der Waals surface area contributed by atoms with Gasteiger partial charge in [0.2, 0.25) is 0 Å². The van der Waals surface area contributed by atoms with Crippen molar-refractivity contribution in [2.45, 2.75) is 18.8 Å². The highest BCUT2D eigenvalue weighted by atomic mass is 35.5. The number of aryl methyl sites for hydroxylation is 2. The smallest absolute Gasteiger partial charge is 0.142 e. The van der Waals surface area contributed by atoms with Gasteiger partial charge in [0.05, 0.1) is 16.1 Å². The molecular weight excluding hydrogens is 386 g/mol. The standard InChI is InChI=1S/C21H22ClN7/c1-27-13-24-26-20(27)14-6-5-9-29(12-14)19-10-15(16(22)11-23-19)21-25-17-7-3-4-8-18(17)28(21)2/h3-4,7-8,10-11,13-14H,5-6,9,12H2,1-2H3. The van der Waals surface area contributed by atoms with Crippen LogP contribution >= 0.6 is 11.6 Å². The molecule has 0 bridgehead atoms. The molecule has 3 aromatic heterocycles. The van der Waals surface area contributed by atoms with Crippen molar-refractivity contribution >= 4 is 28.5 Å². The molecule has 0 radical (unpaired) electrons. The van der Waals surface area contributed by atoms with E-state index in [2.05, 4.69) is 36.8 Å². The van der Waals surface area contributed by atoms with Gasteiger partial charge in [-0.15, -0.1) is 10.2 Å². The molecule has 1 aliphatic heterocycles. The second-order valence-electron chi connectivity index (χ2n) is 7.59. The van der Waals surface area contributed by atoms with Crippen molar-refractivity contribution in [3.05, 3.63) is 53.7 Å². The van der Waals surface area contributed by atoms with Crippen molar-refractivity contribution in [2.75, 3.05) is 18.0 Å². The van der Waals surface area contributed by atoms with Gasteiger partial charge in [-0.3, -0.25) is 0 Å². The van der Waals surface area contributed by atoms with Crippen molar-refractivity contribution in [3.8, 4) is 11.4 Å². The predicted molar refractivity (Wildman–Crippen MR) is 114 cm³/mol. The molecule has 1 saturated heterocycles. The summed E-state index contributed by atoms with van der Waals surface area (Å²) < 4.78 is 4.09. The summed E-state index contributed by atoms with van der Waals surface area (Å²) in [5, 5.41) is 8.96. The fourth-order valence-electron chi connectivity index (χ4n) is 4.22. The Morgan fingerprint density at radius 2 is 2.03 bits per heavy atom. The Bertz CT molecular complexity index is 1180. The number of pyridine rings is 1. The molecule has 5 rings (SSSR count). The van der Waals surface area contributed by atoms with Gasteiger partial charge in [-0.05, 0) is 31.0 Å². The molecule has 1 fully saturated rings. The average Bonchev–Trinajstić information content (AvgIpc) is 3.32. The van der Waals surface area contributed by atoms with Crippen LogP contribution in [0.1, 0.15) is 24.6 Å². The molecule has 1 atom stereocenters. The lowest BCUT2D eigenvalue weighted by atomic mass is 9.97. The Balaban J connectivity index is 1.51. The Morgan fingerprint density at radius 3 is 2.83 bits per heavy atom. The van der Waals surface area contributed by atoms with Gasteiger partial charge < -0.3 is 14.0 Å². The van der Waals surface area contributed by atoms with Crippen LogP contribution < -0.4 is 4.90 Å². The number of hydrogen-bond acceptors (Lipinski definition) is 5. The van der Waals surface area contributed by atoms with Crippen LogP contribution in [0.15, 0.2) is 42.9 Å². The van der Waals surface area contributed by atoms with Crippen LogP contribution in [0.4, 0.5) is 5.82 Å². The Labute approximate surface area is 174 Å². The number of benzene rings is 1. The zero-order chi connectivity index (χ0) is 20.0. The molecule has 29 heavy (non-hydrogen) atoms. The normalized spacial score (nSPS) is 17.2. The number of aromatic nitrogens is 6. The third kappa shape index (κ3) is 3.15. The van der Waals surface area contributed by atoms with Crippen molar-refractivity contribution in [1.29, 1.82) is 0 Å². The molecule has 4 heterocycles. The quantitative estimate of drug-likeness (QED) is 0.516. The molecule has 0 spiro atoms. The van der Waals surface area contributed by atoms with Gasteiger partial charge >= 0.3 is 0 Å². The molecular formula is C21H22ClN7. The summed E-state index contributed by atoms with van der Waals surface area (Å²) in [7, 11) is 4.02. The van der Waals surface area contributed by atoms with E-state index in [0.717, 1.165) is 60.0 Å². The van der Waals surface area contributed by atoms with Crippen molar-refractivity contribution in [1.82, 2.24) is 29.3 Å². The van der Waals surface area contributed by atoms with Crippen molar-refractivity contribution < 1.29 is 0 Å². The summed E-state index contributed by atoms with van der Waals surface area (Å²) in [6.45, 7) is 1.83. The lowest BCUT2D eigenvalue weighted by Gasteiger charge is -2.33. The molecule has 0 N–H and O–H groups in total. The number of nitrogens with zero attached hydrogens (tertiary/aromatic N) is 7. The molecule has 7 nitrogen and oxygen atoms in total. The van der Waals surface area contributed by atoms with Crippen molar-refractivity contribution in [3.63, 3.8) is 0 Å². The van der Waals surface area contributed by atoms with E-state index in [0.29, 0.717) is 10.9 Å². The van der Waals surface area contributed by atoms with E-state index in [4.69, 9.17) is 16.6 Å². The molecule has 148 valence electrons. The fraction of sp³-hybridized carbons (Fsp3) is 0.333. The number of hydrogen-bond donors (Lipinski definition) is 0. The number of rotatable bonds is 3. The predicted octanol–water partition coefficient (Wildman–Crippen LogP) is 3.80. The van der Waals surface area contributed by atoms with Gasteiger partial charge in [0.15, 0.2) is 0 Å². The zero-order valence-corrected chi connectivity index (χ0v) is 17.2. The lowest BCUT2D eigenvalue weighted by Crippen LogP contribution is -2.35. The summed E-state index contributed by atoms with van der Waals surface area (Å²) >= 11 is 6.54. The number of halogens is 1. The first-order valence-electron chi connectivity index (χ1n) is 9.78. The second-order valence-corrected chi connectivity index (χ2v) is 8.00. The summed E-state index contributed by atoms with van der Waals surface area (Å²) in [6, 6.07) is 10.2. The number of fused-ring (bicyclic) bond motifs is 1. The summed E-state index contributed by atoms with van der Waals surface area (Å²) in [5.41, 5.74) is 2.94. The summed E-state index contributed by atoms with van der Waals surface area (Å²) in [6.07, 6.45) is 5.69. The third-order valence-electron chi connectivity index (χ3n) is 5.73. The Hall–Kier alpha value is -2.93. The Morgan fingerprint density at radius 1 is 1.17 bits per heavy atom. The first-order chi connectivity index (χ1) is 14.1. The van der Waals surface area contributed by atoms with Crippen LogP contribution in [0, 0.1) is 0 Å². The van der Waals surface area contributed by atoms with Gasteiger partial charge in [-0.2, -0.15) is 0 Å². The average molecular weight is 408 g/mol. The molecule has 8 heteroatoms. The van der Waals surface area contributed by atoms with Crippen LogP contribution in [0.3, 0.4) is 0 Å². The van der Waals surface area contributed by atoms with E-state index in [1.807, 2.05) is 36.9 Å². The van der Waals surface area contributed by atoms with Crippen LogP contribution in [-0.4, -0.2) is 42.4 Å². The third-order valence-corrected chi connectivity index (χ3v) is 6.03. The maximum atomic E-state index is 6.54. The minimum absolute atomic E-state index is 0.341. The highest BCUT2D eigenvalue weighted by molar-refractivity contribution is 6.33. The summed E-state index contributed by atoms with van der Waals surface area (Å²) in [4.78, 5) is 11.7. The van der Waals surface area contributed by atoms with E-state index in [-0.39, 0.29) is 0 Å². The first-order valence-corrected chi connectivity index (χ1v) is 10.2. The van der Waals surface area contributed by atoms with Gasteiger partial charge in [0.25, 0.3) is 0 Å². The highest BCUT2D eigenvalue weighted by Gasteiger charge is 2.26. The van der Waals surface area contributed by atoms with E-state index in [1.54, 1.807) is 12.5 Å². The monoisotopic (exact) mass is 407 g/mol. The van der Waals surface area contributed by atoms with Crippen LogP contribution in [0.5, 0.6) is 0 Å². The second kappa shape index (κ2) is 7.15. The molecule has 1 aromatic carbocycles. The first kappa shape index (κ1) is 18.1. The SMILES string of the molecule is Cn1cnnc1C1CCCN(c2cc(-c3nc4ccccc4n3C)c(Cl)cn2)C1. The largest absolute Gasteiger partial charge is 0.356 e. The van der Waals surface area contributed by atoms with E-state index >= 15 is 0 Å². The number of piperidine rings is 1. The van der Waals surface area contributed by atoms with Crippen LogP contribution in [0.2, 0.25) is 5.02 Å². The van der Waals surface area contributed by atoms with Crippen molar-refractivity contribution in [2.24, 2.45) is 14.1 Å². The molecule has 0 amide bonds. The Kier molecular flexibility index (Phi) is 4.47. The summed E-state index contributed by atoms with van der Waals surface area (Å²) in [5.74, 6) is 3.14. The van der Waals surface area contributed by atoms with Crippen LogP contribution in [-0.2, 0) is 14.1 Å². The van der Waals surface area contributed by atoms with Gasteiger partial charge in [-0.25, -0.2) is 9.97 Å². The number of para-hydroxylation sites is 2. The molecule has 4 aromatic rings. The minimum Gasteiger partial charge on any atom is -0.356 e. The van der Waals surface area contributed by atoms with Gasteiger partial charge in [0.1, 0.15) is 23.8 Å². The molecule has 1 unspecified atom stereocenters. The zero-order valence-electron chi connectivity index (χ0n) is 16.5. The highest BCUT2D eigenvalue weighted by Crippen LogP contribution is 2.34. The number of anilines is 1. The van der Waals surface area contributed by atoms with Gasteiger partial charge in [-0.1, -0.05) is 23.7 Å². The topological polar surface area (TPSA) is 64.7 Å². The molecule has 1 aliphatic rings. The van der Waals surface area contributed by atoms with E-state index in [1.165, 1.54) is 0 Å². The molecule has 0 aliphatic carbocycles. The maximum absolute atomic E-state index is 6.54. The lowest BCUT2D eigenvalue weighted by molar-refractivity contribution is 0.478. The van der Waals surface area contributed by atoms with E-state index in [9.17, 15) is 0 Å². The van der Waals surface area contributed by atoms with E-state index < -0.39 is 0 Å². The minimum atomic E-state index is 0.341. The maximum Gasteiger partial charge on any atom is 0.142 e. The number of imidazole rings is 1. The van der Waals surface area contributed by atoms with Gasteiger partial charge in [0, 0.05) is 44.9 Å². The fourth-order valence-corrected chi connectivity index (χ4v) is 4.40. The molecule has 0 saturated carbocycles.